The number of nitrogens with zero attached hydrogens (tertiary/aromatic N) is 4. The molecule has 1 aliphatic heterocycles. The van der Waals surface area contributed by atoms with E-state index < -0.39 is 11.2 Å². The van der Waals surface area contributed by atoms with Gasteiger partial charge in [-0.15, -0.1) is 0 Å². The number of thioether (sulfide) groups is 1. The standard InChI is InChI=1S/C21H16ClN5O3S/c1-30-15-5-4-11(6-14(15)22)27-17(28)7-16(21(27)29)31-20-13(9-24)18(10-2-3-10)12(8-23)19(25)26-20/h4-6,10,16H,2-3,7H2,1H3,(H2,25,26). The number of nitrogen functional groups attached to an aromatic ring is 1. The Morgan fingerprint density at radius 1 is 1.26 bits per heavy atom. The number of imide groups is 1. The molecule has 2 aromatic rings. The van der Waals surface area contributed by atoms with Crippen molar-refractivity contribution in [3.8, 4) is 17.9 Å². The van der Waals surface area contributed by atoms with Crippen molar-refractivity contribution in [2.24, 2.45) is 0 Å². The lowest BCUT2D eigenvalue weighted by atomic mass is 10.0. The molecule has 1 aromatic carbocycles. The van der Waals surface area contributed by atoms with Gasteiger partial charge in [0.25, 0.3) is 0 Å². The normalized spacial score (nSPS) is 18.1. The third-order valence-corrected chi connectivity index (χ3v) is 6.66. The summed E-state index contributed by atoms with van der Waals surface area (Å²) in [7, 11) is 1.47. The van der Waals surface area contributed by atoms with Crippen LogP contribution in [0.25, 0.3) is 0 Å². The van der Waals surface area contributed by atoms with E-state index in [0.29, 0.717) is 17.0 Å². The van der Waals surface area contributed by atoms with Crippen LogP contribution in [0.4, 0.5) is 11.5 Å². The Morgan fingerprint density at radius 3 is 2.55 bits per heavy atom. The van der Waals surface area contributed by atoms with Crippen molar-refractivity contribution in [3.63, 3.8) is 0 Å². The number of nitrogens with two attached hydrogens (primary N) is 1. The zero-order valence-electron chi connectivity index (χ0n) is 16.4. The predicted octanol–water partition coefficient (Wildman–Crippen LogP) is 3.37. The molecule has 1 saturated heterocycles. The Labute approximate surface area is 187 Å². The number of methoxy groups -OCH3 is 1. The van der Waals surface area contributed by atoms with E-state index in [9.17, 15) is 20.1 Å². The molecule has 2 N–H and O–H groups in total. The fourth-order valence-corrected chi connectivity index (χ4v) is 4.97. The lowest BCUT2D eigenvalue weighted by Crippen LogP contribution is -2.31. The van der Waals surface area contributed by atoms with Crippen LogP contribution >= 0.6 is 23.4 Å². The van der Waals surface area contributed by atoms with Gasteiger partial charge in [-0.05, 0) is 42.5 Å². The smallest absolute Gasteiger partial charge is 0.247 e. The SMILES string of the molecule is COc1ccc(N2C(=O)CC(Sc3nc(N)c(C#N)c(C4CC4)c3C#N)C2=O)cc1Cl. The van der Waals surface area contributed by atoms with Gasteiger partial charge in [-0.25, -0.2) is 9.88 Å². The summed E-state index contributed by atoms with van der Waals surface area (Å²) in [5.41, 5.74) is 7.38. The average molecular weight is 454 g/mol. The van der Waals surface area contributed by atoms with Crippen molar-refractivity contribution in [2.75, 3.05) is 17.7 Å². The number of carbonyl (C=O) groups excluding carboxylic acids is 2. The van der Waals surface area contributed by atoms with Gasteiger partial charge in [0.2, 0.25) is 11.8 Å². The van der Waals surface area contributed by atoms with E-state index in [1.807, 2.05) is 6.07 Å². The molecule has 10 heteroatoms. The molecule has 156 valence electrons. The van der Waals surface area contributed by atoms with Crippen LogP contribution in [-0.2, 0) is 9.59 Å². The third kappa shape index (κ3) is 3.67. The Balaban J connectivity index is 1.66. The molecular weight excluding hydrogens is 438 g/mol. The molecule has 0 bridgehead atoms. The molecule has 1 atom stereocenters. The summed E-state index contributed by atoms with van der Waals surface area (Å²) < 4.78 is 5.11. The van der Waals surface area contributed by atoms with E-state index >= 15 is 0 Å². The minimum atomic E-state index is -0.771. The second-order valence-electron chi connectivity index (χ2n) is 7.16. The fourth-order valence-electron chi connectivity index (χ4n) is 3.59. The first-order valence-electron chi connectivity index (χ1n) is 9.40. The van der Waals surface area contributed by atoms with Crippen molar-refractivity contribution >= 4 is 46.7 Å². The van der Waals surface area contributed by atoms with Gasteiger partial charge in [0, 0.05) is 6.42 Å². The molecule has 4 rings (SSSR count). The Bertz CT molecular complexity index is 1200. The summed E-state index contributed by atoms with van der Waals surface area (Å²) in [6.45, 7) is 0. The highest BCUT2D eigenvalue weighted by molar-refractivity contribution is 8.00. The first-order valence-corrected chi connectivity index (χ1v) is 10.7. The van der Waals surface area contributed by atoms with Crippen molar-refractivity contribution < 1.29 is 14.3 Å². The van der Waals surface area contributed by atoms with Crippen LogP contribution in [0, 0.1) is 22.7 Å². The lowest BCUT2D eigenvalue weighted by Gasteiger charge is -2.17. The molecule has 1 saturated carbocycles. The number of hydrogen-bond acceptors (Lipinski definition) is 8. The number of halogens is 1. The summed E-state index contributed by atoms with van der Waals surface area (Å²) in [4.78, 5) is 31.0. The first kappa shape index (κ1) is 21.0. The maximum Gasteiger partial charge on any atom is 0.247 e. The van der Waals surface area contributed by atoms with Crippen LogP contribution in [-0.4, -0.2) is 29.2 Å². The molecule has 0 radical (unpaired) electrons. The first-order chi connectivity index (χ1) is 14.9. The van der Waals surface area contributed by atoms with E-state index in [0.717, 1.165) is 29.5 Å². The minimum Gasteiger partial charge on any atom is -0.495 e. The highest BCUT2D eigenvalue weighted by atomic mass is 35.5. The molecular formula is C21H16ClN5O3S. The summed E-state index contributed by atoms with van der Waals surface area (Å²) >= 11 is 7.17. The topological polar surface area (TPSA) is 133 Å². The van der Waals surface area contributed by atoms with Gasteiger partial charge in [-0.1, -0.05) is 23.4 Å². The van der Waals surface area contributed by atoms with E-state index in [4.69, 9.17) is 22.1 Å². The highest BCUT2D eigenvalue weighted by Crippen LogP contribution is 2.47. The van der Waals surface area contributed by atoms with Crippen molar-refractivity contribution in [3.05, 3.63) is 39.9 Å². The average Bonchev–Trinajstić information content (AvgIpc) is 3.54. The van der Waals surface area contributed by atoms with E-state index in [1.165, 1.54) is 13.2 Å². The Kier molecular flexibility index (Phi) is 5.48. The summed E-state index contributed by atoms with van der Waals surface area (Å²) in [5, 5.41) is 19.0. The fraction of sp³-hybridized carbons (Fsp3) is 0.286. The molecule has 2 amide bonds. The highest BCUT2D eigenvalue weighted by Gasteiger charge is 2.42. The summed E-state index contributed by atoms with van der Waals surface area (Å²) in [6, 6.07) is 8.81. The number of nitriles is 2. The number of hydrogen-bond donors (Lipinski definition) is 1. The van der Waals surface area contributed by atoms with Crippen molar-refractivity contribution in [1.82, 2.24) is 4.98 Å². The van der Waals surface area contributed by atoms with Gasteiger partial charge in [0.1, 0.15) is 28.7 Å². The summed E-state index contributed by atoms with van der Waals surface area (Å²) in [5.74, 6) is -0.266. The van der Waals surface area contributed by atoms with Crippen LogP contribution in [0.15, 0.2) is 23.2 Å². The van der Waals surface area contributed by atoms with Gasteiger partial charge >= 0.3 is 0 Å². The minimum absolute atomic E-state index is 0.0291. The Hall–Kier alpha value is -3.27. The van der Waals surface area contributed by atoms with Crippen molar-refractivity contribution in [2.45, 2.75) is 35.5 Å². The number of pyridine rings is 1. The van der Waals surface area contributed by atoms with Crippen LogP contribution in [0.5, 0.6) is 5.75 Å². The predicted molar refractivity (Wildman–Crippen MR) is 115 cm³/mol. The molecule has 8 nitrogen and oxygen atoms in total. The van der Waals surface area contributed by atoms with Crippen LogP contribution in [0.3, 0.4) is 0 Å². The Morgan fingerprint density at radius 2 is 1.97 bits per heavy atom. The van der Waals surface area contributed by atoms with Gasteiger partial charge < -0.3 is 10.5 Å². The molecule has 0 spiro atoms. The maximum atomic E-state index is 13.0. The number of amides is 2. The van der Waals surface area contributed by atoms with E-state index in [-0.39, 0.29) is 45.2 Å². The second kappa shape index (κ2) is 8.10. The zero-order chi connectivity index (χ0) is 22.3. The largest absolute Gasteiger partial charge is 0.495 e. The van der Waals surface area contributed by atoms with Gasteiger partial charge in [-0.3, -0.25) is 9.59 Å². The molecule has 31 heavy (non-hydrogen) atoms. The number of rotatable bonds is 5. The maximum absolute atomic E-state index is 13.0. The second-order valence-corrected chi connectivity index (χ2v) is 8.76. The number of anilines is 2. The summed E-state index contributed by atoms with van der Waals surface area (Å²) in [6.07, 6.45) is 1.67. The molecule has 1 aromatic heterocycles. The lowest BCUT2D eigenvalue weighted by molar-refractivity contribution is -0.121. The molecule has 2 aliphatic rings. The quantitative estimate of drug-likeness (QED) is 0.681. The number of carbonyl (C=O) groups is 2. The van der Waals surface area contributed by atoms with Gasteiger partial charge in [-0.2, -0.15) is 10.5 Å². The number of ether oxygens (including phenoxy) is 1. The van der Waals surface area contributed by atoms with Gasteiger partial charge in [0.05, 0.1) is 34.2 Å². The molecule has 2 heterocycles. The van der Waals surface area contributed by atoms with Gasteiger partial charge in [0.15, 0.2) is 0 Å². The molecule has 1 aliphatic carbocycles. The monoisotopic (exact) mass is 453 g/mol. The molecule has 1 unspecified atom stereocenters. The van der Waals surface area contributed by atoms with Crippen molar-refractivity contribution in [1.29, 1.82) is 10.5 Å². The number of aromatic nitrogens is 1. The van der Waals surface area contributed by atoms with Crippen LogP contribution in [0.1, 0.15) is 41.9 Å². The van der Waals surface area contributed by atoms with Crippen LogP contribution < -0.4 is 15.4 Å². The van der Waals surface area contributed by atoms with E-state index in [2.05, 4.69) is 11.1 Å². The van der Waals surface area contributed by atoms with Crippen LogP contribution in [0.2, 0.25) is 5.02 Å². The number of benzene rings is 1. The molecule has 2 fully saturated rings. The third-order valence-electron chi connectivity index (χ3n) is 5.19. The van der Waals surface area contributed by atoms with E-state index in [1.54, 1.807) is 12.1 Å². The zero-order valence-corrected chi connectivity index (χ0v) is 18.0.